The highest BCUT2D eigenvalue weighted by molar-refractivity contribution is 5.58. The second-order valence-corrected chi connectivity index (χ2v) is 7.12. The molecule has 32 heavy (non-hydrogen) atoms. The quantitative estimate of drug-likeness (QED) is 0.296. The minimum Gasteiger partial charge on any atom is -0.465 e. The summed E-state index contributed by atoms with van der Waals surface area (Å²) in [6.07, 6.45) is 8.44. The van der Waals surface area contributed by atoms with Crippen LogP contribution in [0.3, 0.4) is 0 Å². The van der Waals surface area contributed by atoms with Crippen molar-refractivity contribution in [2.45, 2.75) is 19.5 Å². The van der Waals surface area contributed by atoms with Crippen LogP contribution in [-0.2, 0) is 4.74 Å². The predicted octanol–water partition coefficient (Wildman–Crippen LogP) is 6.50. The van der Waals surface area contributed by atoms with Crippen LogP contribution in [0.2, 0.25) is 0 Å². The second kappa shape index (κ2) is 11.7. The lowest BCUT2D eigenvalue weighted by Gasteiger charge is -2.14. The summed E-state index contributed by atoms with van der Waals surface area (Å²) >= 11 is 0. The Labute approximate surface area is 189 Å². The molecule has 1 N–H and O–H groups in total. The van der Waals surface area contributed by atoms with Crippen LogP contribution in [0.25, 0.3) is 18.2 Å². The van der Waals surface area contributed by atoms with Crippen LogP contribution in [0.1, 0.15) is 35.5 Å². The molecule has 0 aliphatic rings. The Morgan fingerprint density at radius 1 is 0.719 bits per heavy atom. The summed E-state index contributed by atoms with van der Waals surface area (Å²) in [6, 6.07) is 22.8. The van der Waals surface area contributed by atoms with E-state index in [0.717, 1.165) is 22.4 Å². The van der Waals surface area contributed by atoms with E-state index in [-0.39, 0.29) is 6.29 Å². The molecule has 0 aliphatic carbocycles. The summed E-state index contributed by atoms with van der Waals surface area (Å²) in [5, 5.41) is 10.3. The van der Waals surface area contributed by atoms with E-state index in [1.807, 2.05) is 104 Å². The van der Waals surface area contributed by atoms with E-state index in [1.54, 1.807) is 13.2 Å². The topological polar surface area (TPSA) is 47.9 Å². The highest BCUT2D eigenvalue weighted by Gasteiger charge is 2.08. The van der Waals surface area contributed by atoms with Crippen LogP contribution in [0, 0.1) is 0 Å². The SMILES string of the molecule is C=Cc1ccc(C(O)Oc2ccc(C=CC=Cc3ccc(OC(C)OC)cc3)cc2)cc1. The smallest absolute Gasteiger partial charge is 0.224 e. The first-order chi connectivity index (χ1) is 15.6. The van der Waals surface area contributed by atoms with Gasteiger partial charge in [-0.05, 0) is 47.9 Å². The number of methoxy groups -OCH3 is 1. The Morgan fingerprint density at radius 3 is 1.66 bits per heavy atom. The minimum atomic E-state index is -1.02. The Morgan fingerprint density at radius 2 is 1.19 bits per heavy atom. The largest absolute Gasteiger partial charge is 0.465 e. The third-order valence-electron chi connectivity index (χ3n) is 4.79. The number of aliphatic hydroxyl groups excluding tert-OH is 1. The lowest BCUT2D eigenvalue weighted by molar-refractivity contribution is -0.0382. The van der Waals surface area contributed by atoms with Gasteiger partial charge >= 0.3 is 0 Å². The monoisotopic (exact) mass is 428 g/mol. The molecular weight excluding hydrogens is 400 g/mol. The summed E-state index contributed by atoms with van der Waals surface area (Å²) in [6.45, 7) is 5.57. The van der Waals surface area contributed by atoms with Gasteiger partial charge in [0, 0.05) is 12.7 Å². The molecule has 2 atom stereocenters. The lowest BCUT2D eigenvalue weighted by atomic mass is 10.1. The number of hydrogen-bond acceptors (Lipinski definition) is 4. The van der Waals surface area contributed by atoms with Gasteiger partial charge in [0.1, 0.15) is 11.5 Å². The fourth-order valence-electron chi connectivity index (χ4n) is 2.88. The van der Waals surface area contributed by atoms with E-state index in [2.05, 4.69) is 6.58 Å². The predicted molar refractivity (Wildman–Crippen MR) is 130 cm³/mol. The van der Waals surface area contributed by atoms with Crippen molar-refractivity contribution in [2.75, 3.05) is 7.11 Å². The first-order valence-corrected chi connectivity index (χ1v) is 10.4. The number of hydrogen-bond donors (Lipinski definition) is 1. The van der Waals surface area contributed by atoms with Gasteiger partial charge in [-0.1, -0.05) is 85.5 Å². The van der Waals surface area contributed by atoms with Gasteiger partial charge in [0.15, 0.2) is 6.29 Å². The molecule has 2 unspecified atom stereocenters. The van der Waals surface area contributed by atoms with E-state index < -0.39 is 6.29 Å². The van der Waals surface area contributed by atoms with Gasteiger partial charge in [0.2, 0.25) is 6.29 Å². The van der Waals surface area contributed by atoms with Gasteiger partial charge in [-0.15, -0.1) is 0 Å². The maximum absolute atomic E-state index is 10.3. The fraction of sp³-hybridized carbons (Fsp3) is 0.143. The van der Waals surface area contributed by atoms with E-state index in [4.69, 9.17) is 14.2 Å². The summed E-state index contributed by atoms with van der Waals surface area (Å²) in [4.78, 5) is 0. The number of allylic oxidation sites excluding steroid dienone is 2. The first kappa shape index (κ1) is 23.1. The Hall–Kier alpha value is -3.60. The van der Waals surface area contributed by atoms with E-state index in [9.17, 15) is 5.11 Å². The van der Waals surface area contributed by atoms with Crippen molar-refractivity contribution in [3.05, 3.63) is 114 Å². The van der Waals surface area contributed by atoms with Crippen LogP contribution >= 0.6 is 0 Å². The average Bonchev–Trinajstić information content (AvgIpc) is 2.83. The number of aliphatic hydroxyl groups is 1. The molecule has 0 heterocycles. The number of ether oxygens (including phenoxy) is 3. The zero-order chi connectivity index (χ0) is 22.8. The average molecular weight is 429 g/mol. The summed E-state index contributed by atoms with van der Waals surface area (Å²) in [5.41, 5.74) is 3.79. The highest BCUT2D eigenvalue weighted by Crippen LogP contribution is 2.21. The van der Waals surface area contributed by atoms with Gasteiger partial charge in [-0.25, -0.2) is 0 Å². The van der Waals surface area contributed by atoms with Crippen molar-refractivity contribution < 1.29 is 19.3 Å². The molecule has 3 aromatic carbocycles. The molecule has 0 radical (unpaired) electrons. The zero-order valence-electron chi connectivity index (χ0n) is 18.3. The molecule has 0 aliphatic heterocycles. The van der Waals surface area contributed by atoms with Crippen molar-refractivity contribution in [1.29, 1.82) is 0 Å². The van der Waals surface area contributed by atoms with E-state index in [0.29, 0.717) is 11.3 Å². The lowest BCUT2D eigenvalue weighted by Crippen LogP contribution is -2.13. The molecule has 0 spiro atoms. The highest BCUT2D eigenvalue weighted by atomic mass is 16.7. The van der Waals surface area contributed by atoms with Gasteiger partial charge in [-0.2, -0.15) is 0 Å². The molecule has 0 aromatic heterocycles. The van der Waals surface area contributed by atoms with E-state index >= 15 is 0 Å². The minimum absolute atomic E-state index is 0.275. The van der Waals surface area contributed by atoms with Gasteiger partial charge in [0.05, 0.1) is 0 Å². The molecule has 0 amide bonds. The summed E-state index contributed by atoms with van der Waals surface area (Å²) in [7, 11) is 1.61. The fourth-order valence-corrected chi connectivity index (χ4v) is 2.88. The van der Waals surface area contributed by atoms with Crippen LogP contribution in [0.4, 0.5) is 0 Å². The van der Waals surface area contributed by atoms with E-state index in [1.165, 1.54) is 0 Å². The molecule has 0 fully saturated rings. The van der Waals surface area contributed by atoms with Crippen molar-refractivity contribution in [2.24, 2.45) is 0 Å². The maximum Gasteiger partial charge on any atom is 0.224 e. The molecule has 0 saturated heterocycles. The molecular formula is C28H28O4. The normalized spacial score (nSPS) is 13.2. The number of rotatable bonds is 10. The molecule has 4 heteroatoms. The Bertz CT molecular complexity index is 1030. The second-order valence-electron chi connectivity index (χ2n) is 7.12. The van der Waals surface area contributed by atoms with Crippen molar-refractivity contribution in [3.8, 4) is 11.5 Å². The van der Waals surface area contributed by atoms with Gasteiger partial charge < -0.3 is 19.3 Å². The van der Waals surface area contributed by atoms with Crippen LogP contribution in [0.5, 0.6) is 11.5 Å². The van der Waals surface area contributed by atoms with Crippen molar-refractivity contribution in [1.82, 2.24) is 0 Å². The van der Waals surface area contributed by atoms with Crippen LogP contribution in [0.15, 0.2) is 91.5 Å². The van der Waals surface area contributed by atoms with Crippen molar-refractivity contribution >= 4 is 18.2 Å². The molecule has 4 nitrogen and oxygen atoms in total. The molecule has 3 rings (SSSR count). The molecule has 0 saturated carbocycles. The summed E-state index contributed by atoms with van der Waals surface area (Å²) in [5.74, 6) is 1.37. The Kier molecular flexibility index (Phi) is 8.44. The molecule has 3 aromatic rings. The third kappa shape index (κ3) is 6.98. The van der Waals surface area contributed by atoms with Gasteiger partial charge in [-0.3, -0.25) is 0 Å². The standard InChI is InChI=1S/C28H28O4/c1-4-22-9-15-25(16-10-22)28(29)32-27-19-13-24(14-20-27)8-6-5-7-23-11-17-26(18-12-23)31-21(2)30-3/h4-21,28-29H,1H2,2-3H3. The molecule has 164 valence electrons. The first-order valence-electron chi connectivity index (χ1n) is 10.4. The number of benzene rings is 3. The Balaban J connectivity index is 1.51. The zero-order valence-corrected chi connectivity index (χ0v) is 18.3. The molecule has 0 bridgehead atoms. The van der Waals surface area contributed by atoms with Crippen molar-refractivity contribution in [3.63, 3.8) is 0 Å². The third-order valence-corrected chi connectivity index (χ3v) is 4.79. The summed E-state index contributed by atoms with van der Waals surface area (Å²) < 4.78 is 16.3. The van der Waals surface area contributed by atoms with Crippen LogP contribution < -0.4 is 9.47 Å². The van der Waals surface area contributed by atoms with Gasteiger partial charge in [0.25, 0.3) is 0 Å². The van der Waals surface area contributed by atoms with Crippen LogP contribution in [-0.4, -0.2) is 18.5 Å². The maximum atomic E-state index is 10.3.